The van der Waals surface area contributed by atoms with Gasteiger partial charge in [0.15, 0.2) is 0 Å². The summed E-state index contributed by atoms with van der Waals surface area (Å²) in [6.07, 6.45) is 8.73. The predicted octanol–water partition coefficient (Wildman–Crippen LogP) is 3.05. The Bertz CT molecular complexity index is 1180. The van der Waals surface area contributed by atoms with Gasteiger partial charge in [-0.2, -0.15) is 10.4 Å². The van der Waals surface area contributed by atoms with Crippen molar-refractivity contribution >= 4 is 11.5 Å². The largest absolute Gasteiger partial charge is 0.363 e. The van der Waals surface area contributed by atoms with E-state index in [9.17, 15) is 10.1 Å². The van der Waals surface area contributed by atoms with Crippen LogP contribution in [0.15, 0.2) is 35.6 Å². The Morgan fingerprint density at radius 3 is 2.56 bits per heavy atom. The lowest BCUT2D eigenvalue weighted by Crippen LogP contribution is -2.30. The Hall–Kier alpha value is -3.87. The monoisotopic (exact) mass is 433 g/mol. The fourth-order valence-corrected chi connectivity index (χ4v) is 3.65. The van der Waals surface area contributed by atoms with E-state index in [0.29, 0.717) is 5.82 Å². The summed E-state index contributed by atoms with van der Waals surface area (Å²) >= 11 is 0. The van der Waals surface area contributed by atoms with Crippen LogP contribution in [0.1, 0.15) is 74.3 Å². The molecule has 0 radical (unpaired) electrons. The summed E-state index contributed by atoms with van der Waals surface area (Å²) in [6, 6.07) is 3.28. The van der Waals surface area contributed by atoms with Crippen molar-refractivity contribution in [3.05, 3.63) is 64.0 Å². The Morgan fingerprint density at radius 1 is 1.31 bits per heavy atom. The number of aromatic amines is 1. The Balaban J connectivity index is 0.00000141. The highest BCUT2D eigenvalue weighted by Gasteiger charge is 2.37. The highest BCUT2D eigenvalue weighted by atomic mass is 16.1. The molecule has 1 aliphatic carbocycles. The number of hydrogen-bond acceptors (Lipinski definition) is 8. The molecule has 3 unspecified atom stereocenters. The molecule has 3 heterocycles. The van der Waals surface area contributed by atoms with E-state index in [1.54, 1.807) is 35.4 Å². The van der Waals surface area contributed by atoms with Crippen LogP contribution < -0.4 is 10.9 Å². The topological polar surface area (TPSA) is 149 Å². The number of aromatic nitrogens is 6. The van der Waals surface area contributed by atoms with Crippen molar-refractivity contribution in [3.63, 3.8) is 0 Å². The number of nitrogens with zero attached hydrogens (tertiary/aromatic N) is 6. The molecule has 0 amide bonds. The molecule has 0 bridgehead atoms. The van der Waals surface area contributed by atoms with Gasteiger partial charge in [0, 0.05) is 43.0 Å². The van der Waals surface area contributed by atoms with Crippen LogP contribution in [0.3, 0.4) is 0 Å². The number of H-pyrrole nitrogens is 1. The van der Waals surface area contributed by atoms with Crippen LogP contribution in [0.2, 0.25) is 0 Å². The van der Waals surface area contributed by atoms with Crippen LogP contribution >= 0.6 is 0 Å². The molecular formula is C22H27N9O. The minimum atomic E-state index is -0.507. The fourth-order valence-electron chi connectivity index (χ4n) is 3.65. The molecule has 0 aromatic carbocycles. The molecule has 0 aliphatic heterocycles. The first-order chi connectivity index (χ1) is 15.5. The standard InChI is InChI=1S/C20H21N9O.C2H6/c1-11(12-9-25-29(2)10-12)26-19-16(15(22)8-21)20(30)28-18(27-19)14-5-4-13(14)17-23-6-3-7-24-17;1-2/h3,6-7,9-11,13-14,22H,4-5H2,1-2H3,(H2,26,27,28,30);1-2H3. The van der Waals surface area contributed by atoms with Gasteiger partial charge in [-0.1, -0.05) is 13.8 Å². The first-order valence-corrected chi connectivity index (χ1v) is 10.6. The average molecular weight is 434 g/mol. The Kier molecular flexibility index (Phi) is 7.10. The molecule has 166 valence electrons. The normalized spacial score (nSPS) is 17.8. The zero-order chi connectivity index (χ0) is 23.3. The number of anilines is 1. The third-order valence-corrected chi connectivity index (χ3v) is 5.42. The molecule has 3 aromatic rings. The van der Waals surface area contributed by atoms with Gasteiger partial charge in [0.05, 0.1) is 12.2 Å². The number of nitriles is 1. The maximum absolute atomic E-state index is 12.8. The fraction of sp³-hybridized carbons (Fsp3) is 0.409. The minimum Gasteiger partial charge on any atom is -0.363 e. The Labute approximate surface area is 186 Å². The van der Waals surface area contributed by atoms with Gasteiger partial charge in [-0.3, -0.25) is 14.9 Å². The molecule has 0 spiro atoms. The summed E-state index contributed by atoms with van der Waals surface area (Å²) in [7, 11) is 1.82. The maximum atomic E-state index is 12.8. The molecule has 3 aromatic heterocycles. The third-order valence-electron chi connectivity index (χ3n) is 5.42. The second kappa shape index (κ2) is 9.96. The van der Waals surface area contributed by atoms with Crippen LogP contribution in [0, 0.1) is 16.7 Å². The second-order valence-corrected chi connectivity index (χ2v) is 7.37. The molecule has 1 fully saturated rings. The van der Waals surface area contributed by atoms with E-state index >= 15 is 0 Å². The van der Waals surface area contributed by atoms with Gasteiger partial charge in [0.1, 0.15) is 34.8 Å². The van der Waals surface area contributed by atoms with Crippen LogP contribution in [0.25, 0.3) is 0 Å². The van der Waals surface area contributed by atoms with Gasteiger partial charge in [-0.25, -0.2) is 15.0 Å². The van der Waals surface area contributed by atoms with Crippen molar-refractivity contribution in [2.24, 2.45) is 7.05 Å². The highest BCUT2D eigenvalue weighted by molar-refractivity contribution is 6.12. The first-order valence-electron chi connectivity index (χ1n) is 10.6. The van der Waals surface area contributed by atoms with E-state index in [2.05, 4.69) is 30.4 Å². The highest BCUT2D eigenvalue weighted by Crippen LogP contribution is 2.46. The molecule has 1 aliphatic rings. The molecule has 0 saturated heterocycles. The Morgan fingerprint density at radius 2 is 2.00 bits per heavy atom. The summed E-state index contributed by atoms with van der Waals surface area (Å²) in [5, 5.41) is 24.5. The van der Waals surface area contributed by atoms with E-state index in [1.807, 2.05) is 34.0 Å². The van der Waals surface area contributed by atoms with E-state index in [-0.39, 0.29) is 29.3 Å². The van der Waals surface area contributed by atoms with Gasteiger partial charge >= 0.3 is 0 Å². The van der Waals surface area contributed by atoms with E-state index < -0.39 is 11.3 Å². The summed E-state index contributed by atoms with van der Waals surface area (Å²) in [5.74, 6) is 1.50. The lowest BCUT2D eigenvalue weighted by atomic mass is 9.72. The third kappa shape index (κ3) is 4.56. The summed E-state index contributed by atoms with van der Waals surface area (Å²) < 4.78 is 1.68. The quantitative estimate of drug-likeness (QED) is 0.506. The molecule has 3 N–H and O–H groups in total. The van der Waals surface area contributed by atoms with Gasteiger partial charge in [0.25, 0.3) is 5.56 Å². The van der Waals surface area contributed by atoms with E-state index in [0.717, 1.165) is 24.2 Å². The number of aryl methyl sites for hydroxylation is 1. The molecule has 1 saturated carbocycles. The van der Waals surface area contributed by atoms with Gasteiger partial charge in [-0.05, 0) is 25.8 Å². The SMILES string of the molecule is CC.CC(Nc1nc(C2CCC2c2ncccn2)[nH]c(=O)c1C(=N)C#N)c1cnn(C)c1. The molecule has 10 heteroatoms. The van der Waals surface area contributed by atoms with Crippen molar-refractivity contribution in [2.45, 2.75) is 51.5 Å². The predicted molar refractivity (Wildman–Crippen MR) is 121 cm³/mol. The molecule has 4 rings (SSSR count). The van der Waals surface area contributed by atoms with Crippen LogP contribution in [0.5, 0.6) is 0 Å². The summed E-state index contributed by atoms with van der Waals surface area (Å²) in [4.78, 5) is 28.9. The lowest BCUT2D eigenvalue weighted by molar-refractivity contribution is 0.318. The minimum absolute atomic E-state index is 0.0281. The summed E-state index contributed by atoms with van der Waals surface area (Å²) in [5.41, 5.74) is -0.113. The van der Waals surface area contributed by atoms with Crippen LogP contribution in [0.4, 0.5) is 5.82 Å². The van der Waals surface area contributed by atoms with Crippen LogP contribution in [-0.2, 0) is 7.05 Å². The van der Waals surface area contributed by atoms with Crippen molar-refractivity contribution in [3.8, 4) is 6.07 Å². The molecule has 3 atom stereocenters. The van der Waals surface area contributed by atoms with E-state index in [4.69, 9.17) is 5.41 Å². The number of hydrogen-bond donors (Lipinski definition) is 3. The molecular weight excluding hydrogens is 406 g/mol. The number of rotatable bonds is 6. The van der Waals surface area contributed by atoms with Gasteiger partial charge in [0.2, 0.25) is 0 Å². The van der Waals surface area contributed by atoms with Gasteiger partial charge in [-0.15, -0.1) is 0 Å². The van der Waals surface area contributed by atoms with Gasteiger partial charge < -0.3 is 10.3 Å². The maximum Gasteiger partial charge on any atom is 0.263 e. The van der Waals surface area contributed by atoms with Crippen molar-refractivity contribution in [2.75, 3.05) is 5.32 Å². The van der Waals surface area contributed by atoms with Crippen molar-refractivity contribution in [1.82, 2.24) is 29.7 Å². The zero-order valence-electron chi connectivity index (χ0n) is 18.6. The lowest BCUT2D eigenvalue weighted by Gasteiger charge is -2.34. The second-order valence-electron chi connectivity index (χ2n) is 7.37. The first kappa shape index (κ1) is 22.8. The summed E-state index contributed by atoms with van der Waals surface area (Å²) in [6.45, 7) is 5.91. The van der Waals surface area contributed by atoms with E-state index in [1.165, 1.54) is 0 Å². The smallest absolute Gasteiger partial charge is 0.263 e. The van der Waals surface area contributed by atoms with Crippen molar-refractivity contribution < 1.29 is 0 Å². The molecule has 32 heavy (non-hydrogen) atoms. The zero-order valence-corrected chi connectivity index (χ0v) is 18.6. The average Bonchev–Trinajstić information content (AvgIpc) is 3.21. The molecule has 10 nitrogen and oxygen atoms in total. The van der Waals surface area contributed by atoms with Crippen LogP contribution in [-0.4, -0.2) is 35.4 Å². The van der Waals surface area contributed by atoms with Crippen molar-refractivity contribution in [1.29, 1.82) is 10.7 Å². The number of nitrogens with one attached hydrogen (secondary N) is 3.